The smallest absolute Gasteiger partial charge is 0.293 e. The Kier molecular flexibility index (Phi) is 6.04. The Hall–Kier alpha value is -2.09. The number of halogens is 2. The van der Waals surface area contributed by atoms with E-state index >= 15 is 0 Å². The number of ether oxygens (including phenoxy) is 1. The van der Waals surface area contributed by atoms with Crippen molar-refractivity contribution in [1.82, 2.24) is 4.90 Å². The number of ketones is 1. The Balaban J connectivity index is 1.77. The fourth-order valence-corrected chi connectivity index (χ4v) is 3.95. The van der Waals surface area contributed by atoms with Crippen molar-refractivity contribution in [3.05, 3.63) is 68.0 Å². The minimum atomic E-state index is -0.487. The zero-order valence-corrected chi connectivity index (χ0v) is 17.2. The van der Waals surface area contributed by atoms with Gasteiger partial charge in [0.1, 0.15) is 5.75 Å². The number of Topliss-reactive ketones (excluding diaryl/α,β-unsaturated/α-hetero) is 1. The lowest BCUT2D eigenvalue weighted by Gasteiger charge is -2.11. The molecule has 27 heavy (non-hydrogen) atoms. The second kappa shape index (κ2) is 8.29. The molecule has 0 unspecified atom stereocenters. The monoisotopic (exact) mass is 465 g/mol. The summed E-state index contributed by atoms with van der Waals surface area (Å²) in [6, 6.07) is 11.6. The summed E-state index contributed by atoms with van der Waals surface area (Å²) in [5.41, 5.74) is 1.12. The van der Waals surface area contributed by atoms with Crippen LogP contribution in [0.1, 0.15) is 15.9 Å². The lowest BCUT2D eigenvalue weighted by molar-refractivity contribution is -0.122. The zero-order chi connectivity index (χ0) is 19.6. The number of methoxy groups -OCH3 is 1. The van der Waals surface area contributed by atoms with Gasteiger partial charge in [0, 0.05) is 10.6 Å². The number of rotatable bonds is 5. The highest BCUT2D eigenvalue weighted by Gasteiger charge is 2.36. The van der Waals surface area contributed by atoms with E-state index in [1.165, 1.54) is 0 Å². The summed E-state index contributed by atoms with van der Waals surface area (Å²) in [6.45, 7) is -0.310. The number of hydrogen-bond donors (Lipinski definition) is 0. The molecule has 138 valence electrons. The van der Waals surface area contributed by atoms with Gasteiger partial charge in [-0.15, -0.1) is 0 Å². The van der Waals surface area contributed by atoms with Crippen LogP contribution in [-0.4, -0.2) is 35.5 Å². The topological polar surface area (TPSA) is 63.7 Å². The number of carbonyl (C=O) groups is 3. The largest absolute Gasteiger partial charge is 0.496 e. The summed E-state index contributed by atoms with van der Waals surface area (Å²) >= 11 is 10.00. The summed E-state index contributed by atoms with van der Waals surface area (Å²) in [7, 11) is 1.56. The van der Waals surface area contributed by atoms with Crippen LogP contribution in [0.2, 0.25) is 5.02 Å². The Bertz CT molecular complexity index is 959. The highest BCUT2D eigenvalue weighted by Crippen LogP contribution is 2.34. The molecule has 0 N–H and O–H groups in total. The van der Waals surface area contributed by atoms with Crippen LogP contribution in [0.3, 0.4) is 0 Å². The molecule has 0 aromatic heterocycles. The van der Waals surface area contributed by atoms with Gasteiger partial charge in [0.05, 0.1) is 23.0 Å². The quantitative estimate of drug-likeness (QED) is 0.457. The minimum absolute atomic E-state index is 0.265. The van der Waals surface area contributed by atoms with Crippen molar-refractivity contribution < 1.29 is 19.1 Å². The van der Waals surface area contributed by atoms with E-state index in [9.17, 15) is 14.4 Å². The molecule has 0 atom stereocenters. The molecule has 2 aromatic rings. The van der Waals surface area contributed by atoms with E-state index in [4.69, 9.17) is 16.3 Å². The van der Waals surface area contributed by atoms with Crippen molar-refractivity contribution in [2.75, 3.05) is 13.7 Å². The molecule has 1 heterocycles. The van der Waals surface area contributed by atoms with Crippen LogP contribution in [-0.2, 0) is 4.79 Å². The van der Waals surface area contributed by atoms with Crippen LogP contribution in [0.25, 0.3) is 6.08 Å². The molecule has 1 saturated heterocycles. The van der Waals surface area contributed by atoms with Gasteiger partial charge >= 0.3 is 0 Å². The highest BCUT2D eigenvalue weighted by molar-refractivity contribution is 9.10. The normalized spacial score (nSPS) is 15.5. The molecule has 1 fully saturated rings. The Morgan fingerprint density at radius 3 is 2.56 bits per heavy atom. The molecule has 3 rings (SSSR count). The van der Waals surface area contributed by atoms with E-state index in [2.05, 4.69) is 15.9 Å². The molecule has 8 heteroatoms. The van der Waals surface area contributed by atoms with Gasteiger partial charge in [0.15, 0.2) is 5.78 Å². The van der Waals surface area contributed by atoms with Crippen molar-refractivity contribution in [3.63, 3.8) is 0 Å². The number of hydrogen-bond acceptors (Lipinski definition) is 5. The van der Waals surface area contributed by atoms with E-state index in [1.807, 2.05) is 0 Å². The summed E-state index contributed by atoms with van der Waals surface area (Å²) < 4.78 is 5.90. The van der Waals surface area contributed by atoms with Crippen molar-refractivity contribution >= 4 is 62.3 Å². The van der Waals surface area contributed by atoms with Gasteiger partial charge in [-0.25, -0.2) is 0 Å². The average molecular weight is 467 g/mol. The lowest BCUT2D eigenvalue weighted by atomic mass is 10.1. The third kappa shape index (κ3) is 4.43. The molecule has 0 spiro atoms. The first-order chi connectivity index (χ1) is 12.9. The lowest BCUT2D eigenvalue weighted by Crippen LogP contribution is -2.33. The number of amides is 2. The van der Waals surface area contributed by atoms with Crippen LogP contribution in [0, 0.1) is 0 Å². The van der Waals surface area contributed by atoms with Crippen molar-refractivity contribution in [2.45, 2.75) is 0 Å². The maximum atomic E-state index is 12.6. The fourth-order valence-electron chi connectivity index (χ4n) is 2.43. The Labute approximate surface area is 173 Å². The predicted molar refractivity (Wildman–Crippen MR) is 109 cm³/mol. The summed E-state index contributed by atoms with van der Waals surface area (Å²) in [5.74, 6) is -0.157. The maximum absolute atomic E-state index is 12.6. The summed E-state index contributed by atoms with van der Waals surface area (Å²) in [4.78, 5) is 38.3. The first-order valence-corrected chi connectivity index (χ1v) is 9.75. The molecule has 0 bridgehead atoms. The second-order valence-corrected chi connectivity index (χ2v) is 7.88. The number of thioether (sulfide) groups is 1. The zero-order valence-electron chi connectivity index (χ0n) is 14.1. The predicted octanol–water partition coefficient (Wildman–Crippen LogP) is 5.03. The van der Waals surface area contributed by atoms with E-state index in [0.717, 1.165) is 26.7 Å². The first kappa shape index (κ1) is 19.7. The van der Waals surface area contributed by atoms with Crippen molar-refractivity contribution in [2.24, 2.45) is 0 Å². The Morgan fingerprint density at radius 2 is 1.93 bits per heavy atom. The molecule has 1 aliphatic rings. The third-order valence-corrected chi connectivity index (χ3v) is 5.59. The number of carbonyl (C=O) groups excluding carboxylic acids is 3. The fraction of sp³-hybridized carbons (Fsp3) is 0.105. The molecule has 0 saturated carbocycles. The van der Waals surface area contributed by atoms with Crippen molar-refractivity contribution in [3.8, 4) is 5.75 Å². The molecular formula is C19H13BrClNO4S. The minimum Gasteiger partial charge on any atom is -0.496 e. The molecule has 1 aliphatic heterocycles. The van der Waals surface area contributed by atoms with Crippen LogP contribution >= 0.6 is 39.3 Å². The van der Waals surface area contributed by atoms with Gasteiger partial charge in [0.25, 0.3) is 11.1 Å². The molecule has 0 radical (unpaired) electrons. The Morgan fingerprint density at radius 1 is 1.22 bits per heavy atom. The van der Waals surface area contributed by atoms with Crippen LogP contribution in [0.5, 0.6) is 5.75 Å². The molecule has 2 amide bonds. The van der Waals surface area contributed by atoms with Crippen LogP contribution < -0.4 is 4.74 Å². The van der Waals surface area contributed by atoms with Gasteiger partial charge < -0.3 is 4.74 Å². The molecule has 2 aromatic carbocycles. The van der Waals surface area contributed by atoms with Gasteiger partial charge in [-0.3, -0.25) is 19.3 Å². The molecule has 0 aliphatic carbocycles. The summed E-state index contributed by atoms with van der Waals surface area (Å²) in [5, 5.41) is 0.0347. The number of benzene rings is 2. The highest BCUT2D eigenvalue weighted by atomic mass is 79.9. The van der Waals surface area contributed by atoms with Gasteiger partial charge in [-0.1, -0.05) is 17.7 Å². The first-order valence-electron chi connectivity index (χ1n) is 7.76. The maximum Gasteiger partial charge on any atom is 0.293 e. The SMILES string of the molecule is COc1ccc(/C=C2\SC(=O)N(CC(=O)c3ccc(Cl)cc3)C2=O)cc1Br. The van der Waals surface area contributed by atoms with Crippen LogP contribution in [0.4, 0.5) is 4.79 Å². The number of imide groups is 1. The standard InChI is InChI=1S/C19H13BrClNO4S/c1-26-16-7-2-11(8-14(16)20)9-17-18(24)22(19(25)27-17)10-15(23)12-3-5-13(21)6-4-12/h2-9H,10H2,1H3/b17-9-. The van der Waals surface area contributed by atoms with Crippen molar-refractivity contribution in [1.29, 1.82) is 0 Å². The van der Waals surface area contributed by atoms with E-state index in [-0.39, 0.29) is 17.2 Å². The van der Waals surface area contributed by atoms with Crippen LogP contribution in [0.15, 0.2) is 51.8 Å². The average Bonchev–Trinajstić information content (AvgIpc) is 2.90. The molecular weight excluding hydrogens is 454 g/mol. The molecule has 5 nitrogen and oxygen atoms in total. The van der Waals surface area contributed by atoms with E-state index in [0.29, 0.717) is 16.3 Å². The summed E-state index contributed by atoms with van der Waals surface area (Å²) in [6.07, 6.45) is 1.61. The van der Waals surface area contributed by atoms with Gasteiger partial charge in [0.2, 0.25) is 0 Å². The van der Waals surface area contributed by atoms with E-state index in [1.54, 1.807) is 55.7 Å². The van der Waals surface area contributed by atoms with Gasteiger partial charge in [-0.05, 0) is 75.7 Å². The number of nitrogens with zero attached hydrogens (tertiary/aromatic N) is 1. The third-order valence-electron chi connectivity index (χ3n) is 3.82. The van der Waals surface area contributed by atoms with E-state index < -0.39 is 11.1 Å². The second-order valence-electron chi connectivity index (χ2n) is 5.59. The van der Waals surface area contributed by atoms with Gasteiger partial charge in [-0.2, -0.15) is 0 Å².